The van der Waals surface area contributed by atoms with E-state index in [4.69, 9.17) is 44.8 Å². The van der Waals surface area contributed by atoms with Crippen LogP contribution in [-0.2, 0) is 25.5 Å². The van der Waals surface area contributed by atoms with Gasteiger partial charge in [-0.25, -0.2) is 9.59 Å². The van der Waals surface area contributed by atoms with Crippen LogP contribution in [0.2, 0.25) is 0 Å². The van der Waals surface area contributed by atoms with E-state index in [1.807, 2.05) is 38.2 Å². The average molecular weight is 636 g/mol. The zero-order chi connectivity index (χ0) is 32.6. The number of ether oxygens (including phenoxy) is 7. The third-order valence-corrected chi connectivity index (χ3v) is 7.42. The van der Waals surface area contributed by atoms with Gasteiger partial charge in [0.25, 0.3) is 0 Å². The Morgan fingerprint density at radius 1 is 0.818 bits per heavy atom. The van der Waals surface area contributed by atoms with Crippen molar-refractivity contribution in [1.82, 2.24) is 4.90 Å². The molecule has 0 aliphatic carbocycles. The SMILES string of the molecule is CCCCOC(=O)/C(Cl)=C/C(=O)OCCCN(C)CCc1cc(OC)c(OC)cc1[C@@H](C)c1cc(OC)c(OC)c(OC)c1. The number of hydrogen-bond acceptors (Lipinski definition) is 10. The molecule has 0 aliphatic heterocycles. The molecule has 2 aromatic rings. The molecule has 0 fully saturated rings. The summed E-state index contributed by atoms with van der Waals surface area (Å²) >= 11 is 5.87. The van der Waals surface area contributed by atoms with Crippen molar-refractivity contribution in [1.29, 1.82) is 0 Å². The second kappa shape index (κ2) is 18.9. The molecule has 2 rings (SSSR count). The average Bonchev–Trinajstić information content (AvgIpc) is 3.03. The molecule has 0 aromatic heterocycles. The summed E-state index contributed by atoms with van der Waals surface area (Å²) in [6, 6.07) is 7.94. The van der Waals surface area contributed by atoms with Crippen LogP contribution in [0.5, 0.6) is 28.7 Å². The van der Waals surface area contributed by atoms with Crippen LogP contribution in [0, 0.1) is 0 Å². The summed E-state index contributed by atoms with van der Waals surface area (Å²) in [6.45, 7) is 5.98. The van der Waals surface area contributed by atoms with Gasteiger partial charge in [0.05, 0.1) is 48.8 Å². The van der Waals surface area contributed by atoms with E-state index in [2.05, 4.69) is 11.8 Å². The van der Waals surface area contributed by atoms with Crippen LogP contribution >= 0.6 is 11.6 Å². The lowest BCUT2D eigenvalue weighted by Crippen LogP contribution is -2.24. The predicted octanol–water partition coefficient (Wildman–Crippen LogP) is 5.76. The quantitative estimate of drug-likeness (QED) is 0.108. The molecule has 0 aliphatic rings. The van der Waals surface area contributed by atoms with Crippen LogP contribution < -0.4 is 23.7 Å². The lowest BCUT2D eigenvalue weighted by atomic mass is 9.87. The van der Waals surface area contributed by atoms with Crippen molar-refractivity contribution >= 4 is 23.5 Å². The third-order valence-electron chi connectivity index (χ3n) is 7.16. The van der Waals surface area contributed by atoms with Gasteiger partial charge in [-0.2, -0.15) is 0 Å². The van der Waals surface area contributed by atoms with Crippen molar-refractivity contribution in [2.45, 2.75) is 45.4 Å². The van der Waals surface area contributed by atoms with E-state index < -0.39 is 11.9 Å². The summed E-state index contributed by atoms with van der Waals surface area (Å²) in [7, 11) is 10.0. The number of carbonyl (C=O) groups excluding carboxylic acids is 2. The Morgan fingerprint density at radius 2 is 1.41 bits per heavy atom. The topological polar surface area (TPSA) is 102 Å². The van der Waals surface area contributed by atoms with E-state index in [9.17, 15) is 9.59 Å². The van der Waals surface area contributed by atoms with Gasteiger partial charge >= 0.3 is 11.9 Å². The highest BCUT2D eigenvalue weighted by Gasteiger charge is 2.22. The minimum atomic E-state index is -0.731. The van der Waals surface area contributed by atoms with Crippen molar-refractivity contribution < 1.29 is 42.7 Å². The molecule has 1 atom stereocenters. The Labute approximate surface area is 266 Å². The predicted molar refractivity (Wildman–Crippen MR) is 170 cm³/mol. The van der Waals surface area contributed by atoms with Crippen molar-refractivity contribution in [2.75, 3.05) is 68.9 Å². The zero-order valence-electron chi connectivity index (χ0n) is 27.1. The Hall–Kier alpha value is -3.63. The number of benzene rings is 2. The van der Waals surface area contributed by atoms with Crippen LogP contribution in [0.15, 0.2) is 35.4 Å². The van der Waals surface area contributed by atoms with Crippen LogP contribution in [0.25, 0.3) is 0 Å². The molecule has 0 unspecified atom stereocenters. The Bertz CT molecular complexity index is 1240. The Balaban J connectivity index is 2.09. The summed E-state index contributed by atoms with van der Waals surface area (Å²) in [6.07, 6.45) is 3.91. The Morgan fingerprint density at radius 3 is 1.98 bits per heavy atom. The summed E-state index contributed by atoms with van der Waals surface area (Å²) in [5.74, 6) is 1.55. The maximum Gasteiger partial charge on any atom is 0.350 e. The number of carbonyl (C=O) groups is 2. The first-order valence-electron chi connectivity index (χ1n) is 14.6. The smallest absolute Gasteiger partial charge is 0.350 e. The third kappa shape index (κ3) is 10.5. The van der Waals surface area contributed by atoms with Gasteiger partial charge in [-0.1, -0.05) is 31.9 Å². The van der Waals surface area contributed by atoms with Gasteiger partial charge in [0.2, 0.25) is 5.75 Å². The molecule has 11 heteroatoms. The highest BCUT2D eigenvalue weighted by molar-refractivity contribution is 6.42. The lowest BCUT2D eigenvalue weighted by Gasteiger charge is -2.23. The van der Waals surface area contributed by atoms with Gasteiger partial charge in [-0.15, -0.1) is 0 Å². The largest absolute Gasteiger partial charge is 0.493 e. The summed E-state index contributed by atoms with van der Waals surface area (Å²) < 4.78 is 38.1. The molecule has 44 heavy (non-hydrogen) atoms. The second-order valence-corrected chi connectivity index (χ2v) is 10.5. The fraction of sp³-hybridized carbons (Fsp3) is 0.515. The van der Waals surface area contributed by atoms with E-state index in [-0.39, 0.29) is 24.2 Å². The zero-order valence-corrected chi connectivity index (χ0v) is 27.9. The number of halogens is 1. The highest BCUT2D eigenvalue weighted by Crippen LogP contribution is 2.43. The first-order valence-corrected chi connectivity index (χ1v) is 15.0. The summed E-state index contributed by atoms with van der Waals surface area (Å²) in [5.41, 5.74) is 3.18. The molecule has 0 spiro atoms. The number of likely N-dealkylation sites (N-methyl/N-ethyl adjacent to an activating group) is 1. The Kier molecular flexibility index (Phi) is 15.7. The molecule has 10 nitrogen and oxygen atoms in total. The molecule has 2 aromatic carbocycles. The second-order valence-electron chi connectivity index (χ2n) is 10.1. The fourth-order valence-electron chi connectivity index (χ4n) is 4.60. The van der Waals surface area contributed by atoms with Gasteiger partial charge in [-0.3, -0.25) is 0 Å². The minimum absolute atomic E-state index is 0.0352. The van der Waals surface area contributed by atoms with Crippen LogP contribution in [0.1, 0.15) is 55.7 Å². The molecular weight excluding hydrogens is 590 g/mol. The normalized spacial score (nSPS) is 12.0. The van der Waals surface area contributed by atoms with Crippen molar-refractivity contribution in [2.24, 2.45) is 0 Å². The molecule has 0 radical (unpaired) electrons. The maximum atomic E-state index is 12.0. The van der Waals surface area contributed by atoms with Gasteiger partial charge in [0.1, 0.15) is 5.03 Å². The number of hydrogen-bond donors (Lipinski definition) is 0. The number of rotatable bonds is 19. The van der Waals surface area contributed by atoms with Gasteiger partial charge in [0, 0.05) is 25.1 Å². The maximum absolute atomic E-state index is 12.0. The molecule has 0 heterocycles. The van der Waals surface area contributed by atoms with E-state index in [1.165, 1.54) is 0 Å². The number of nitrogens with zero attached hydrogens (tertiary/aromatic N) is 1. The van der Waals surface area contributed by atoms with Gasteiger partial charge in [0.15, 0.2) is 23.0 Å². The summed E-state index contributed by atoms with van der Waals surface area (Å²) in [4.78, 5) is 26.0. The first kappa shape index (κ1) is 36.6. The fourth-order valence-corrected chi connectivity index (χ4v) is 4.74. The van der Waals surface area contributed by atoms with Crippen molar-refractivity contribution in [3.63, 3.8) is 0 Å². The number of unbranched alkanes of at least 4 members (excludes halogenated alkanes) is 1. The number of esters is 2. The molecule has 0 bridgehead atoms. The molecule has 0 N–H and O–H groups in total. The van der Waals surface area contributed by atoms with Crippen molar-refractivity contribution in [3.8, 4) is 28.7 Å². The van der Waals surface area contributed by atoms with E-state index in [1.54, 1.807) is 35.5 Å². The van der Waals surface area contributed by atoms with Crippen LogP contribution in [0.4, 0.5) is 0 Å². The van der Waals surface area contributed by atoms with Crippen LogP contribution in [-0.4, -0.2) is 85.7 Å². The molecule has 244 valence electrons. The van der Waals surface area contributed by atoms with E-state index in [0.717, 1.165) is 48.6 Å². The molecular formula is C33H46ClNO9. The summed E-state index contributed by atoms with van der Waals surface area (Å²) in [5, 5.41) is -0.297. The van der Waals surface area contributed by atoms with Gasteiger partial charge in [-0.05, 0) is 67.3 Å². The molecule has 0 saturated carbocycles. The van der Waals surface area contributed by atoms with Crippen molar-refractivity contribution in [3.05, 3.63) is 52.1 Å². The monoisotopic (exact) mass is 635 g/mol. The first-order chi connectivity index (χ1) is 21.1. The van der Waals surface area contributed by atoms with E-state index in [0.29, 0.717) is 41.7 Å². The standard InChI is InChI=1S/C33H46ClNO9/c1-9-10-15-44-33(37)26(34)21-31(36)43-16-11-13-35(3)14-12-23-17-27(38-4)28(39-5)20-25(23)22(2)24-18-29(40-6)32(42-8)30(19-24)41-7/h17-22H,9-16H2,1-8H3/b26-21-/t22-/m0/s1. The van der Waals surface area contributed by atoms with E-state index >= 15 is 0 Å². The molecule has 0 saturated heterocycles. The lowest BCUT2D eigenvalue weighted by molar-refractivity contribution is -0.141. The highest BCUT2D eigenvalue weighted by atomic mass is 35.5. The van der Waals surface area contributed by atoms with Gasteiger partial charge < -0.3 is 38.1 Å². The molecule has 0 amide bonds. The van der Waals surface area contributed by atoms with Crippen LogP contribution in [0.3, 0.4) is 0 Å². The minimum Gasteiger partial charge on any atom is -0.493 e. The number of methoxy groups -OCH3 is 5.